The van der Waals surface area contributed by atoms with Crippen LogP contribution in [-0.2, 0) is 4.74 Å². The molecule has 1 aliphatic carbocycles. The summed E-state index contributed by atoms with van der Waals surface area (Å²) in [4.78, 5) is 14.6. The zero-order valence-corrected chi connectivity index (χ0v) is 12.9. The number of nitrogens with zero attached hydrogens (tertiary/aromatic N) is 1. The van der Waals surface area contributed by atoms with Crippen LogP contribution in [0.4, 0.5) is 4.79 Å². The highest BCUT2D eigenvalue weighted by atomic mass is 16.6. The Morgan fingerprint density at radius 2 is 1.68 bits per heavy atom. The van der Waals surface area contributed by atoms with E-state index in [-0.39, 0.29) is 6.09 Å². The fraction of sp³-hybridized carbons (Fsp3) is 0.938. The molecule has 110 valence electrons. The molecule has 0 N–H and O–H groups in total. The van der Waals surface area contributed by atoms with Crippen LogP contribution in [0.1, 0.15) is 72.6 Å². The molecule has 2 fully saturated rings. The lowest BCUT2D eigenvalue weighted by molar-refractivity contribution is -0.0124. The summed E-state index contributed by atoms with van der Waals surface area (Å²) in [6.07, 6.45) is 8.66. The standard InChI is InChI=1S/C16H29NO2/c1-12-8-7-11-14(13-9-5-6-10-13)17(12)15(18)19-16(2,3)4/h12-14H,5-11H2,1-4H3/t12?,14-/m0/s1. The van der Waals surface area contributed by atoms with Gasteiger partial charge < -0.3 is 9.64 Å². The number of rotatable bonds is 1. The second kappa shape index (κ2) is 5.72. The molecule has 3 heteroatoms. The molecule has 2 atom stereocenters. The van der Waals surface area contributed by atoms with Crippen LogP contribution in [-0.4, -0.2) is 28.7 Å². The van der Waals surface area contributed by atoms with Gasteiger partial charge in [-0.1, -0.05) is 12.8 Å². The molecule has 0 aromatic heterocycles. The van der Waals surface area contributed by atoms with E-state index in [1.54, 1.807) is 0 Å². The molecule has 2 aliphatic rings. The number of carbonyl (C=O) groups excluding carboxylic acids is 1. The van der Waals surface area contributed by atoms with Gasteiger partial charge in [0.1, 0.15) is 5.60 Å². The third-order valence-electron chi connectivity index (χ3n) is 4.50. The van der Waals surface area contributed by atoms with Gasteiger partial charge in [0, 0.05) is 12.1 Å². The van der Waals surface area contributed by atoms with Crippen molar-refractivity contribution in [3.63, 3.8) is 0 Å². The minimum Gasteiger partial charge on any atom is -0.444 e. The van der Waals surface area contributed by atoms with Crippen molar-refractivity contribution in [2.75, 3.05) is 0 Å². The van der Waals surface area contributed by atoms with Gasteiger partial charge in [0.15, 0.2) is 0 Å². The zero-order valence-electron chi connectivity index (χ0n) is 12.9. The van der Waals surface area contributed by atoms with E-state index in [1.807, 2.05) is 20.8 Å². The van der Waals surface area contributed by atoms with Crippen LogP contribution >= 0.6 is 0 Å². The predicted molar refractivity (Wildman–Crippen MR) is 77.1 cm³/mol. The molecule has 1 saturated carbocycles. The summed E-state index contributed by atoms with van der Waals surface area (Å²) in [6.45, 7) is 8.02. The first kappa shape index (κ1) is 14.7. The average Bonchev–Trinajstić information content (AvgIpc) is 2.79. The maximum atomic E-state index is 12.5. The van der Waals surface area contributed by atoms with Crippen LogP contribution in [0.3, 0.4) is 0 Å². The molecule has 0 bridgehead atoms. The normalized spacial score (nSPS) is 29.6. The van der Waals surface area contributed by atoms with Crippen molar-refractivity contribution in [3.8, 4) is 0 Å². The SMILES string of the molecule is CC1CCC[C@@H](C2CCCC2)N1C(=O)OC(C)(C)C. The molecular weight excluding hydrogens is 238 g/mol. The number of hydrogen-bond acceptors (Lipinski definition) is 2. The molecule has 0 radical (unpaired) electrons. The van der Waals surface area contributed by atoms with E-state index < -0.39 is 5.60 Å². The minimum atomic E-state index is -0.394. The number of piperidine rings is 1. The molecule has 1 amide bonds. The third kappa shape index (κ3) is 3.64. The fourth-order valence-electron chi connectivity index (χ4n) is 3.66. The highest BCUT2D eigenvalue weighted by molar-refractivity contribution is 5.69. The van der Waals surface area contributed by atoms with Crippen molar-refractivity contribution in [1.29, 1.82) is 0 Å². The van der Waals surface area contributed by atoms with Crippen molar-refractivity contribution in [1.82, 2.24) is 4.90 Å². The summed E-state index contributed by atoms with van der Waals surface area (Å²) < 4.78 is 5.62. The zero-order chi connectivity index (χ0) is 14.0. The Balaban J connectivity index is 2.09. The van der Waals surface area contributed by atoms with Crippen LogP contribution in [0.25, 0.3) is 0 Å². The highest BCUT2D eigenvalue weighted by Crippen LogP contribution is 2.37. The maximum absolute atomic E-state index is 12.5. The molecule has 0 spiro atoms. The van der Waals surface area contributed by atoms with E-state index in [4.69, 9.17) is 4.74 Å². The average molecular weight is 267 g/mol. The second-order valence-corrected chi connectivity index (χ2v) is 7.28. The van der Waals surface area contributed by atoms with Crippen molar-refractivity contribution >= 4 is 6.09 Å². The lowest BCUT2D eigenvalue weighted by Gasteiger charge is -2.43. The Labute approximate surface area is 117 Å². The molecule has 19 heavy (non-hydrogen) atoms. The van der Waals surface area contributed by atoms with Crippen LogP contribution < -0.4 is 0 Å². The van der Waals surface area contributed by atoms with Gasteiger partial charge in [0.25, 0.3) is 0 Å². The summed E-state index contributed by atoms with van der Waals surface area (Å²) in [7, 11) is 0. The summed E-state index contributed by atoms with van der Waals surface area (Å²) in [5.41, 5.74) is -0.394. The van der Waals surface area contributed by atoms with E-state index in [0.717, 1.165) is 12.8 Å². The Morgan fingerprint density at radius 3 is 2.26 bits per heavy atom. The lowest BCUT2D eigenvalue weighted by Crippen LogP contribution is -2.53. The summed E-state index contributed by atoms with van der Waals surface area (Å²) in [5.74, 6) is 0.704. The maximum Gasteiger partial charge on any atom is 0.410 e. The van der Waals surface area contributed by atoms with E-state index in [9.17, 15) is 4.79 Å². The van der Waals surface area contributed by atoms with E-state index in [1.165, 1.54) is 32.1 Å². The highest BCUT2D eigenvalue weighted by Gasteiger charge is 2.39. The molecule has 1 heterocycles. The van der Waals surface area contributed by atoms with Gasteiger partial charge >= 0.3 is 6.09 Å². The molecule has 1 aliphatic heterocycles. The molecule has 3 nitrogen and oxygen atoms in total. The van der Waals surface area contributed by atoms with Crippen molar-refractivity contribution in [3.05, 3.63) is 0 Å². The van der Waals surface area contributed by atoms with Gasteiger partial charge in [-0.2, -0.15) is 0 Å². The van der Waals surface area contributed by atoms with Gasteiger partial charge in [0.05, 0.1) is 0 Å². The number of amides is 1. The molecule has 1 unspecified atom stereocenters. The van der Waals surface area contributed by atoms with Crippen molar-refractivity contribution in [2.45, 2.75) is 90.3 Å². The molecule has 0 aromatic carbocycles. The fourth-order valence-corrected chi connectivity index (χ4v) is 3.66. The number of likely N-dealkylation sites (tertiary alicyclic amines) is 1. The topological polar surface area (TPSA) is 29.5 Å². The third-order valence-corrected chi connectivity index (χ3v) is 4.50. The van der Waals surface area contributed by atoms with Gasteiger partial charge in [-0.25, -0.2) is 4.79 Å². The van der Waals surface area contributed by atoms with Gasteiger partial charge in [-0.3, -0.25) is 0 Å². The molecule has 2 rings (SSSR count). The Hall–Kier alpha value is -0.730. The second-order valence-electron chi connectivity index (χ2n) is 7.28. The first-order chi connectivity index (χ1) is 8.88. The predicted octanol–water partition coefficient (Wildman–Crippen LogP) is 4.35. The Morgan fingerprint density at radius 1 is 1.05 bits per heavy atom. The van der Waals surface area contributed by atoms with Crippen LogP contribution in [0.15, 0.2) is 0 Å². The van der Waals surface area contributed by atoms with Crippen LogP contribution in [0.2, 0.25) is 0 Å². The van der Waals surface area contributed by atoms with Gasteiger partial charge in [-0.15, -0.1) is 0 Å². The van der Waals surface area contributed by atoms with E-state index in [2.05, 4.69) is 11.8 Å². The lowest BCUT2D eigenvalue weighted by atomic mass is 9.87. The molecular formula is C16H29NO2. The van der Waals surface area contributed by atoms with E-state index >= 15 is 0 Å². The molecule has 1 saturated heterocycles. The monoisotopic (exact) mass is 267 g/mol. The van der Waals surface area contributed by atoms with Gasteiger partial charge in [0.2, 0.25) is 0 Å². The quantitative estimate of drug-likeness (QED) is 0.706. The van der Waals surface area contributed by atoms with Crippen LogP contribution in [0.5, 0.6) is 0 Å². The largest absolute Gasteiger partial charge is 0.444 e. The van der Waals surface area contributed by atoms with Crippen molar-refractivity contribution in [2.24, 2.45) is 5.92 Å². The van der Waals surface area contributed by atoms with Gasteiger partial charge in [-0.05, 0) is 65.7 Å². The number of carbonyl (C=O) groups is 1. The summed E-state index contributed by atoms with van der Waals surface area (Å²) in [6, 6.07) is 0.746. The summed E-state index contributed by atoms with van der Waals surface area (Å²) >= 11 is 0. The Bertz CT molecular complexity index is 315. The number of ether oxygens (including phenoxy) is 1. The van der Waals surface area contributed by atoms with E-state index in [0.29, 0.717) is 18.0 Å². The first-order valence-electron chi connectivity index (χ1n) is 7.90. The Kier molecular flexibility index (Phi) is 4.42. The minimum absolute atomic E-state index is 0.100. The van der Waals surface area contributed by atoms with Crippen LogP contribution in [0, 0.1) is 5.92 Å². The van der Waals surface area contributed by atoms with Crippen molar-refractivity contribution < 1.29 is 9.53 Å². The smallest absolute Gasteiger partial charge is 0.410 e. The first-order valence-corrected chi connectivity index (χ1v) is 7.90. The molecule has 0 aromatic rings. The summed E-state index contributed by atoms with van der Waals surface area (Å²) in [5, 5.41) is 0. The number of hydrogen-bond donors (Lipinski definition) is 0.